The SMILES string of the molecule is Brc1cc(-c2ccccc2)cc2c1sc1cc(N(c3ccccc3)c3cccc(-c4nc5ccccc5s4)c3)ccc12. The minimum Gasteiger partial charge on any atom is -0.310 e. The summed E-state index contributed by atoms with van der Waals surface area (Å²) in [6.45, 7) is 0. The van der Waals surface area contributed by atoms with Crippen molar-refractivity contribution in [2.75, 3.05) is 4.90 Å². The van der Waals surface area contributed by atoms with E-state index in [1.807, 2.05) is 17.4 Å². The summed E-state index contributed by atoms with van der Waals surface area (Å²) in [5, 5.41) is 3.58. The molecule has 0 atom stereocenters. The highest BCUT2D eigenvalue weighted by molar-refractivity contribution is 9.10. The molecule has 8 rings (SSSR count). The second-order valence-electron chi connectivity index (χ2n) is 10.2. The summed E-state index contributed by atoms with van der Waals surface area (Å²) in [4.78, 5) is 7.27. The van der Waals surface area contributed by atoms with Crippen LogP contribution >= 0.6 is 38.6 Å². The molecule has 8 aromatic rings. The van der Waals surface area contributed by atoms with E-state index in [-0.39, 0.29) is 0 Å². The Kier molecular flexibility index (Phi) is 6.37. The van der Waals surface area contributed by atoms with Gasteiger partial charge in [-0.2, -0.15) is 0 Å². The van der Waals surface area contributed by atoms with Gasteiger partial charge < -0.3 is 4.90 Å². The molecular formula is C37H23BrN2S2. The lowest BCUT2D eigenvalue weighted by atomic mass is 10.0. The van der Waals surface area contributed by atoms with Crippen LogP contribution in [0.25, 0.3) is 52.1 Å². The molecule has 200 valence electrons. The maximum Gasteiger partial charge on any atom is 0.124 e. The second-order valence-corrected chi connectivity index (χ2v) is 13.1. The maximum absolute atomic E-state index is 4.93. The largest absolute Gasteiger partial charge is 0.310 e. The summed E-state index contributed by atoms with van der Waals surface area (Å²) >= 11 is 7.45. The van der Waals surface area contributed by atoms with Crippen LogP contribution in [0.2, 0.25) is 0 Å². The summed E-state index contributed by atoms with van der Waals surface area (Å²) in [5.74, 6) is 0. The summed E-state index contributed by atoms with van der Waals surface area (Å²) in [6, 6.07) is 49.6. The molecule has 2 nitrogen and oxygen atoms in total. The van der Waals surface area contributed by atoms with E-state index in [0.29, 0.717) is 0 Å². The van der Waals surface area contributed by atoms with Crippen LogP contribution in [0.1, 0.15) is 0 Å². The van der Waals surface area contributed by atoms with Gasteiger partial charge in [0.25, 0.3) is 0 Å². The van der Waals surface area contributed by atoms with Crippen molar-refractivity contribution in [3.8, 4) is 21.7 Å². The van der Waals surface area contributed by atoms with Gasteiger partial charge in [-0.05, 0) is 87.7 Å². The Hall–Kier alpha value is -4.29. The van der Waals surface area contributed by atoms with Gasteiger partial charge in [-0.3, -0.25) is 0 Å². The van der Waals surface area contributed by atoms with Gasteiger partial charge in [0.15, 0.2) is 0 Å². The van der Waals surface area contributed by atoms with E-state index < -0.39 is 0 Å². The lowest BCUT2D eigenvalue weighted by molar-refractivity contribution is 1.29. The van der Waals surface area contributed by atoms with E-state index in [9.17, 15) is 0 Å². The Bertz CT molecular complexity index is 2190. The van der Waals surface area contributed by atoms with Crippen LogP contribution < -0.4 is 4.90 Å². The highest BCUT2D eigenvalue weighted by atomic mass is 79.9. The number of para-hydroxylation sites is 2. The number of rotatable bonds is 5. The first-order valence-electron chi connectivity index (χ1n) is 13.7. The van der Waals surface area contributed by atoms with Gasteiger partial charge in [0.1, 0.15) is 5.01 Å². The zero-order valence-electron chi connectivity index (χ0n) is 22.4. The van der Waals surface area contributed by atoms with Gasteiger partial charge in [-0.15, -0.1) is 22.7 Å². The van der Waals surface area contributed by atoms with Crippen LogP contribution in [0.15, 0.2) is 144 Å². The van der Waals surface area contributed by atoms with Gasteiger partial charge in [0.05, 0.1) is 10.2 Å². The molecule has 6 aromatic carbocycles. The van der Waals surface area contributed by atoms with Crippen LogP contribution in [-0.2, 0) is 0 Å². The molecule has 0 aliphatic carbocycles. The molecule has 5 heteroatoms. The fraction of sp³-hybridized carbons (Fsp3) is 0. The van der Waals surface area contributed by atoms with Crippen molar-refractivity contribution in [2.45, 2.75) is 0 Å². The quantitative estimate of drug-likeness (QED) is 0.186. The molecule has 0 amide bonds. The van der Waals surface area contributed by atoms with Crippen molar-refractivity contribution in [2.24, 2.45) is 0 Å². The average Bonchev–Trinajstić information content (AvgIpc) is 3.64. The molecule has 0 N–H and O–H groups in total. The van der Waals surface area contributed by atoms with Crippen LogP contribution in [-0.4, -0.2) is 4.98 Å². The van der Waals surface area contributed by atoms with Gasteiger partial charge in [0.2, 0.25) is 0 Å². The number of hydrogen-bond donors (Lipinski definition) is 0. The number of hydrogen-bond acceptors (Lipinski definition) is 4. The predicted molar refractivity (Wildman–Crippen MR) is 186 cm³/mol. The molecule has 0 aliphatic rings. The van der Waals surface area contributed by atoms with Crippen LogP contribution in [0.5, 0.6) is 0 Å². The lowest BCUT2D eigenvalue weighted by Crippen LogP contribution is -2.09. The van der Waals surface area contributed by atoms with Gasteiger partial charge in [-0.1, -0.05) is 78.9 Å². The number of aromatic nitrogens is 1. The molecule has 0 radical (unpaired) electrons. The Morgan fingerprint density at radius 2 is 1.21 bits per heavy atom. The third-order valence-electron chi connectivity index (χ3n) is 7.54. The molecule has 0 saturated heterocycles. The van der Waals surface area contributed by atoms with Crippen molar-refractivity contribution >= 4 is 86.1 Å². The second kappa shape index (κ2) is 10.5. The van der Waals surface area contributed by atoms with Crippen molar-refractivity contribution in [3.05, 3.63) is 144 Å². The van der Waals surface area contributed by atoms with Crippen molar-refractivity contribution in [1.29, 1.82) is 0 Å². The Balaban J connectivity index is 1.26. The topological polar surface area (TPSA) is 16.1 Å². The lowest BCUT2D eigenvalue weighted by Gasteiger charge is -2.26. The molecule has 0 aliphatic heterocycles. The zero-order valence-corrected chi connectivity index (χ0v) is 25.6. The van der Waals surface area contributed by atoms with E-state index in [1.54, 1.807) is 11.3 Å². The zero-order chi connectivity index (χ0) is 28.0. The number of nitrogens with zero attached hydrogens (tertiary/aromatic N) is 2. The standard InChI is InChI=1S/C37H23BrN2S2/c38-32-22-26(24-10-3-1-4-11-24)21-31-30-19-18-29(23-35(30)41-36(31)32)40(27-13-5-2-6-14-27)28-15-9-12-25(20-28)37-39-33-16-7-8-17-34(33)42-37/h1-23H. The maximum atomic E-state index is 4.93. The highest BCUT2D eigenvalue weighted by Gasteiger charge is 2.17. The normalized spacial score (nSPS) is 11.5. The summed E-state index contributed by atoms with van der Waals surface area (Å²) < 4.78 is 4.86. The first-order valence-corrected chi connectivity index (χ1v) is 16.2. The Morgan fingerprint density at radius 1 is 0.500 bits per heavy atom. The fourth-order valence-corrected chi connectivity index (χ4v) is 8.35. The predicted octanol–water partition coefficient (Wildman–Crippen LogP) is 12.2. The van der Waals surface area contributed by atoms with Crippen molar-refractivity contribution in [1.82, 2.24) is 4.98 Å². The summed E-state index contributed by atoms with van der Waals surface area (Å²) in [5.41, 5.74) is 7.95. The van der Waals surface area contributed by atoms with E-state index in [4.69, 9.17) is 4.98 Å². The fourth-order valence-electron chi connectivity index (χ4n) is 5.56. The van der Waals surface area contributed by atoms with Crippen LogP contribution in [0.3, 0.4) is 0 Å². The van der Waals surface area contributed by atoms with E-state index in [0.717, 1.165) is 37.6 Å². The van der Waals surface area contributed by atoms with Crippen molar-refractivity contribution < 1.29 is 0 Å². The Labute approximate surface area is 260 Å². The molecule has 0 unspecified atom stereocenters. The number of thiophene rings is 1. The number of anilines is 3. The summed E-state index contributed by atoms with van der Waals surface area (Å²) in [7, 11) is 0. The van der Waals surface area contributed by atoms with Crippen LogP contribution in [0.4, 0.5) is 17.1 Å². The average molecular weight is 640 g/mol. The number of thiazole rings is 1. The summed E-state index contributed by atoms with van der Waals surface area (Å²) in [6.07, 6.45) is 0. The highest BCUT2D eigenvalue weighted by Crippen LogP contribution is 2.44. The van der Waals surface area contributed by atoms with Crippen molar-refractivity contribution in [3.63, 3.8) is 0 Å². The number of benzene rings is 6. The molecule has 0 bridgehead atoms. The molecule has 42 heavy (non-hydrogen) atoms. The number of fused-ring (bicyclic) bond motifs is 4. The molecule has 0 fully saturated rings. The van der Waals surface area contributed by atoms with E-state index >= 15 is 0 Å². The van der Waals surface area contributed by atoms with Crippen LogP contribution in [0, 0.1) is 0 Å². The third kappa shape index (κ3) is 4.51. The smallest absolute Gasteiger partial charge is 0.124 e. The van der Waals surface area contributed by atoms with Gasteiger partial charge in [-0.25, -0.2) is 4.98 Å². The minimum absolute atomic E-state index is 1.03. The Morgan fingerprint density at radius 3 is 2.05 bits per heavy atom. The molecule has 2 heterocycles. The first kappa shape index (κ1) is 25.4. The van der Waals surface area contributed by atoms with E-state index in [2.05, 4.69) is 154 Å². The minimum atomic E-state index is 1.03. The molecule has 0 saturated carbocycles. The molecule has 0 spiro atoms. The number of halogens is 1. The van der Waals surface area contributed by atoms with Gasteiger partial charge >= 0.3 is 0 Å². The van der Waals surface area contributed by atoms with Gasteiger partial charge in [0, 0.05) is 47.3 Å². The first-order chi connectivity index (χ1) is 20.7. The molecule has 2 aromatic heterocycles. The monoisotopic (exact) mass is 638 g/mol. The van der Waals surface area contributed by atoms with E-state index in [1.165, 1.54) is 36.0 Å². The third-order valence-corrected chi connectivity index (χ3v) is 10.7. The molecular weight excluding hydrogens is 616 g/mol.